The highest BCUT2D eigenvalue weighted by Gasteiger charge is 2.19. The van der Waals surface area contributed by atoms with Crippen LogP contribution in [0.1, 0.15) is 18.4 Å². The lowest BCUT2D eigenvalue weighted by Crippen LogP contribution is -1.99. The molecule has 2 heterocycles. The topological polar surface area (TPSA) is 37.9 Å². The molecule has 0 atom stereocenters. The SMILES string of the molecule is CCc1nc2c([nH]1)CCOc1cc(Br)ccc1-2. The third-order valence-electron chi connectivity index (χ3n) is 2.97. The molecule has 0 unspecified atom stereocenters. The molecular formula is C13H13BrN2O. The van der Waals surface area contributed by atoms with Crippen LogP contribution >= 0.6 is 15.9 Å². The van der Waals surface area contributed by atoms with Crippen LogP contribution in [0.25, 0.3) is 11.3 Å². The Morgan fingerprint density at radius 3 is 3.18 bits per heavy atom. The predicted octanol–water partition coefficient (Wildman–Crippen LogP) is 3.34. The highest BCUT2D eigenvalue weighted by atomic mass is 79.9. The lowest BCUT2D eigenvalue weighted by atomic mass is 10.1. The van der Waals surface area contributed by atoms with Crippen molar-refractivity contribution in [2.45, 2.75) is 19.8 Å². The number of hydrogen-bond acceptors (Lipinski definition) is 2. The molecule has 0 amide bonds. The van der Waals surface area contributed by atoms with Crippen molar-refractivity contribution in [1.29, 1.82) is 0 Å². The normalized spacial score (nSPS) is 13.5. The molecule has 3 rings (SSSR count). The van der Waals surface area contributed by atoms with E-state index in [1.54, 1.807) is 0 Å². The predicted molar refractivity (Wildman–Crippen MR) is 70.3 cm³/mol. The zero-order chi connectivity index (χ0) is 11.8. The quantitative estimate of drug-likeness (QED) is 0.875. The van der Waals surface area contributed by atoms with Crippen molar-refractivity contribution in [3.8, 4) is 17.0 Å². The zero-order valence-corrected chi connectivity index (χ0v) is 11.2. The van der Waals surface area contributed by atoms with Gasteiger partial charge in [0, 0.05) is 28.6 Å². The van der Waals surface area contributed by atoms with E-state index in [-0.39, 0.29) is 0 Å². The number of benzene rings is 1. The van der Waals surface area contributed by atoms with Crippen molar-refractivity contribution in [3.63, 3.8) is 0 Å². The molecule has 0 spiro atoms. The monoisotopic (exact) mass is 292 g/mol. The molecule has 0 saturated carbocycles. The maximum absolute atomic E-state index is 5.75. The molecule has 0 saturated heterocycles. The summed E-state index contributed by atoms with van der Waals surface area (Å²) in [7, 11) is 0. The smallest absolute Gasteiger partial charge is 0.129 e. The Labute approximate surface area is 108 Å². The summed E-state index contributed by atoms with van der Waals surface area (Å²) in [5, 5.41) is 0. The van der Waals surface area contributed by atoms with Crippen LogP contribution in [0.15, 0.2) is 22.7 Å². The van der Waals surface area contributed by atoms with Gasteiger partial charge in [-0.15, -0.1) is 0 Å². The van der Waals surface area contributed by atoms with Crippen LogP contribution in [0.3, 0.4) is 0 Å². The fourth-order valence-electron chi connectivity index (χ4n) is 2.11. The summed E-state index contributed by atoms with van der Waals surface area (Å²) >= 11 is 3.47. The highest BCUT2D eigenvalue weighted by Crippen LogP contribution is 2.35. The Bertz CT molecular complexity index is 563. The van der Waals surface area contributed by atoms with Gasteiger partial charge >= 0.3 is 0 Å². The Morgan fingerprint density at radius 1 is 1.47 bits per heavy atom. The fraction of sp³-hybridized carbons (Fsp3) is 0.308. The maximum Gasteiger partial charge on any atom is 0.129 e. The molecule has 88 valence electrons. The molecule has 17 heavy (non-hydrogen) atoms. The van der Waals surface area contributed by atoms with Crippen LogP contribution in [0.5, 0.6) is 5.75 Å². The lowest BCUT2D eigenvalue weighted by molar-refractivity contribution is 0.325. The third kappa shape index (κ3) is 1.86. The molecule has 1 aromatic carbocycles. The first-order valence-corrected chi connectivity index (χ1v) is 6.57. The number of H-pyrrole nitrogens is 1. The van der Waals surface area contributed by atoms with Gasteiger partial charge in [-0.3, -0.25) is 0 Å². The van der Waals surface area contributed by atoms with Gasteiger partial charge in [0.2, 0.25) is 0 Å². The third-order valence-corrected chi connectivity index (χ3v) is 3.46. The summed E-state index contributed by atoms with van der Waals surface area (Å²) < 4.78 is 6.79. The minimum Gasteiger partial charge on any atom is -0.492 e. The molecule has 2 aromatic rings. The van der Waals surface area contributed by atoms with E-state index in [1.165, 1.54) is 5.69 Å². The number of ether oxygens (including phenoxy) is 1. The van der Waals surface area contributed by atoms with E-state index in [0.717, 1.165) is 40.1 Å². The Balaban J connectivity index is 2.19. The van der Waals surface area contributed by atoms with E-state index >= 15 is 0 Å². The molecule has 4 heteroatoms. The van der Waals surface area contributed by atoms with Crippen molar-refractivity contribution in [2.75, 3.05) is 6.61 Å². The second kappa shape index (κ2) is 4.18. The second-order valence-corrected chi connectivity index (χ2v) is 5.02. The summed E-state index contributed by atoms with van der Waals surface area (Å²) in [6, 6.07) is 6.09. The number of aryl methyl sites for hydroxylation is 1. The van der Waals surface area contributed by atoms with Gasteiger partial charge in [0.1, 0.15) is 11.6 Å². The summed E-state index contributed by atoms with van der Waals surface area (Å²) in [6.07, 6.45) is 1.81. The number of aromatic nitrogens is 2. The summed E-state index contributed by atoms with van der Waals surface area (Å²) in [5.74, 6) is 1.96. The van der Waals surface area contributed by atoms with Crippen LogP contribution in [0, 0.1) is 0 Å². The van der Waals surface area contributed by atoms with Crippen LogP contribution in [-0.4, -0.2) is 16.6 Å². The standard InChI is InChI=1S/C13H13BrN2O/c1-2-12-15-10-5-6-17-11-7-8(14)3-4-9(11)13(10)16-12/h3-4,7H,2,5-6H2,1H3,(H,15,16). The molecule has 1 N–H and O–H groups in total. The van der Waals surface area contributed by atoms with Gasteiger partial charge in [-0.2, -0.15) is 0 Å². The molecule has 1 aliphatic rings. The van der Waals surface area contributed by atoms with E-state index in [2.05, 4.69) is 38.9 Å². The highest BCUT2D eigenvalue weighted by molar-refractivity contribution is 9.10. The number of imidazole rings is 1. The van der Waals surface area contributed by atoms with Crippen molar-refractivity contribution in [1.82, 2.24) is 9.97 Å². The number of nitrogens with one attached hydrogen (secondary N) is 1. The first kappa shape index (κ1) is 10.8. The average Bonchev–Trinajstić information content (AvgIpc) is 2.66. The van der Waals surface area contributed by atoms with Crippen molar-refractivity contribution in [2.24, 2.45) is 0 Å². The number of rotatable bonds is 1. The van der Waals surface area contributed by atoms with Gasteiger partial charge in [0.25, 0.3) is 0 Å². The molecule has 0 bridgehead atoms. The van der Waals surface area contributed by atoms with Gasteiger partial charge < -0.3 is 9.72 Å². The molecule has 0 radical (unpaired) electrons. The van der Waals surface area contributed by atoms with Gasteiger partial charge in [0.15, 0.2) is 0 Å². The summed E-state index contributed by atoms with van der Waals surface area (Å²) in [5.41, 5.74) is 3.31. The van der Waals surface area contributed by atoms with Gasteiger partial charge in [-0.1, -0.05) is 22.9 Å². The number of fused-ring (bicyclic) bond motifs is 3. The van der Waals surface area contributed by atoms with Crippen molar-refractivity contribution < 1.29 is 4.74 Å². The van der Waals surface area contributed by atoms with E-state index in [0.29, 0.717) is 6.61 Å². The molecule has 1 aromatic heterocycles. The lowest BCUT2D eigenvalue weighted by Gasteiger charge is -2.06. The Morgan fingerprint density at radius 2 is 2.35 bits per heavy atom. The van der Waals surface area contributed by atoms with E-state index in [4.69, 9.17) is 4.74 Å². The number of aromatic amines is 1. The summed E-state index contributed by atoms with van der Waals surface area (Å²) in [4.78, 5) is 8.03. The van der Waals surface area contributed by atoms with E-state index < -0.39 is 0 Å². The molecule has 0 fully saturated rings. The fourth-order valence-corrected chi connectivity index (χ4v) is 2.45. The van der Waals surface area contributed by atoms with Crippen LogP contribution in [0.4, 0.5) is 0 Å². The maximum atomic E-state index is 5.75. The van der Waals surface area contributed by atoms with E-state index in [1.807, 2.05) is 12.1 Å². The largest absolute Gasteiger partial charge is 0.492 e. The van der Waals surface area contributed by atoms with Gasteiger partial charge in [0.05, 0.1) is 12.3 Å². The van der Waals surface area contributed by atoms with Crippen molar-refractivity contribution >= 4 is 15.9 Å². The Kier molecular flexibility index (Phi) is 2.67. The van der Waals surface area contributed by atoms with Gasteiger partial charge in [-0.05, 0) is 18.2 Å². The number of halogens is 1. The zero-order valence-electron chi connectivity index (χ0n) is 9.59. The summed E-state index contributed by atoms with van der Waals surface area (Å²) in [6.45, 7) is 2.80. The van der Waals surface area contributed by atoms with Crippen LogP contribution < -0.4 is 4.74 Å². The second-order valence-electron chi connectivity index (χ2n) is 4.10. The first-order chi connectivity index (χ1) is 8.28. The number of hydrogen-bond donors (Lipinski definition) is 1. The minimum atomic E-state index is 0.696. The Hall–Kier alpha value is -1.29. The van der Waals surface area contributed by atoms with Crippen LogP contribution in [0.2, 0.25) is 0 Å². The van der Waals surface area contributed by atoms with E-state index in [9.17, 15) is 0 Å². The molecular weight excluding hydrogens is 280 g/mol. The van der Waals surface area contributed by atoms with Gasteiger partial charge in [-0.25, -0.2) is 4.98 Å². The first-order valence-electron chi connectivity index (χ1n) is 5.78. The molecule has 3 nitrogen and oxygen atoms in total. The number of nitrogens with zero attached hydrogens (tertiary/aromatic N) is 1. The minimum absolute atomic E-state index is 0.696. The average molecular weight is 293 g/mol. The molecule has 1 aliphatic heterocycles. The van der Waals surface area contributed by atoms with Crippen molar-refractivity contribution in [3.05, 3.63) is 34.2 Å². The molecule has 0 aliphatic carbocycles. The van der Waals surface area contributed by atoms with Crippen LogP contribution in [-0.2, 0) is 12.8 Å².